The van der Waals surface area contributed by atoms with Gasteiger partial charge in [-0.2, -0.15) is 0 Å². The van der Waals surface area contributed by atoms with Gasteiger partial charge in [0.1, 0.15) is 0 Å². The maximum atomic E-state index is 3.86. The summed E-state index contributed by atoms with van der Waals surface area (Å²) in [6.07, 6.45) is 5.41. The Morgan fingerprint density at radius 1 is 1.18 bits per heavy atom. The maximum absolute atomic E-state index is 3.86. The summed E-state index contributed by atoms with van der Waals surface area (Å²) >= 11 is 0. The van der Waals surface area contributed by atoms with Crippen LogP contribution in [-0.2, 0) is 0 Å². The first-order valence-corrected chi connectivity index (χ1v) is 4.07. The van der Waals surface area contributed by atoms with Gasteiger partial charge in [0.05, 0.1) is 0 Å². The Morgan fingerprint density at radius 3 is 2.09 bits per heavy atom. The summed E-state index contributed by atoms with van der Waals surface area (Å²) in [5, 5.41) is 0. The fourth-order valence-electron chi connectivity index (χ4n) is 0.527. The van der Waals surface area contributed by atoms with Crippen LogP contribution in [0.3, 0.4) is 0 Å². The van der Waals surface area contributed by atoms with Crippen LogP contribution in [0.1, 0.15) is 34.1 Å². The van der Waals surface area contributed by atoms with Gasteiger partial charge in [0.2, 0.25) is 0 Å². The van der Waals surface area contributed by atoms with E-state index in [1.807, 2.05) is 6.92 Å². The van der Waals surface area contributed by atoms with Crippen molar-refractivity contribution in [2.24, 2.45) is 0 Å². The Labute approximate surface area is 70.3 Å². The van der Waals surface area contributed by atoms with Gasteiger partial charge >= 0.3 is 0 Å². The van der Waals surface area contributed by atoms with Gasteiger partial charge in [-0.1, -0.05) is 36.8 Å². The van der Waals surface area contributed by atoms with E-state index in [-0.39, 0.29) is 0 Å². The zero-order chi connectivity index (χ0) is 8.85. The van der Waals surface area contributed by atoms with Crippen molar-refractivity contribution >= 4 is 0 Å². The lowest BCUT2D eigenvalue weighted by Gasteiger charge is -1.96. The predicted molar refractivity (Wildman–Crippen MR) is 52.6 cm³/mol. The average molecular weight is 150 g/mol. The van der Waals surface area contributed by atoms with Crippen molar-refractivity contribution in [2.75, 3.05) is 0 Å². The molecule has 0 rings (SSSR count). The highest BCUT2D eigenvalue weighted by Gasteiger charge is 1.86. The van der Waals surface area contributed by atoms with Gasteiger partial charge in [-0.3, -0.25) is 0 Å². The molecule has 0 spiro atoms. The lowest BCUT2D eigenvalue weighted by molar-refractivity contribution is 1.10. The smallest absolute Gasteiger partial charge is 0.0349 e. The second-order valence-corrected chi connectivity index (χ2v) is 3.00. The molecule has 0 N–H and O–H groups in total. The first kappa shape index (κ1) is 10.2. The lowest BCUT2D eigenvalue weighted by Crippen LogP contribution is -1.75. The van der Waals surface area contributed by atoms with Crippen molar-refractivity contribution in [1.29, 1.82) is 0 Å². The third-order valence-corrected chi connectivity index (χ3v) is 1.85. The molecule has 0 aromatic carbocycles. The number of hydrogen-bond donors (Lipinski definition) is 0. The lowest BCUT2D eigenvalue weighted by atomic mass is 10.1. The summed E-state index contributed by atoms with van der Waals surface area (Å²) in [4.78, 5) is 0. The minimum Gasteiger partial charge on any atom is -0.0958 e. The van der Waals surface area contributed by atoms with Crippen molar-refractivity contribution in [2.45, 2.75) is 34.1 Å². The van der Waals surface area contributed by atoms with Gasteiger partial charge in [0, 0.05) is 0 Å². The maximum Gasteiger partial charge on any atom is -0.0349 e. The summed E-state index contributed by atoms with van der Waals surface area (Å²) < 4.78 is 0. The zero-order valence-corrected chi connectivity index (χ0v) is 8.07. The monoisotopic (exact) mass is 150 g/mol. The number of allylic oxidation sites excluding steroid dienone is 5. The quantitative estimate of drug-likeness (QED) is 0.536. The molecular formula is C11H18. The molecule has 0 nitrogen and oxygen atoms in total. The molecule has 0 amide bonds. The van der Waals surface area contributed by atoms with Crippen molar-refractivity contribution in [1.82, 2.24) is 0 Å². The number of hydrogen-bond acceptors (Lipinski definition) is 0. The van der Waals surface area contributed by atoms with E-state index in [0.717, 1.165) is 12.0 Å². The molecule has 0 bridgehead atoms. The summed E-state index contributed by atoms with van der Waals surface area (Å²) in [6, 6.07) is 0. The molecule has 0 aliphatic rings. The van der Waals surface area contributed by atoms with Crippen molar-refractivity contribution in [3.8, 4) is 0 Å². The third-order valence-electron chi connectivity index (χ3n) is 1.85. The van der Waals surface area contributed by atoms with E-state index in [1.165, 1.54) is 11.1 Å². The standard InChI is InChI=1S/C11H18/c1-6-10(4)7-8-11(5)9(2)3/h7-8H,2,6H2,1,3-5H3. The second kappa shape index (κ2) is 4.95. The van der Waals surface area contributed by atoms with Gasteiger partial charge in [-0.25, -0.2) is 0 Å². The third kappa shape index (κ3) is 4.60. The van der Waals surface area contributed by atoms with Crippen LogP contribution in [0.15, 0.2) is 35.5 Å². The average Bonchev–Trinajstić information content (AvgIpc) is 1.99. The number of rotatable bonds is 3. The summed E-state index contributed by atoms with van der Waals surface area (Å²) in [7, 11) is 0. The Hall–Kier alpha value is -0.780. The minimum atomic E-state index is 1.12. The largest absolute Gasteiger partial charge is 0.0958 e. The van der Waals surface area contributed by atoms with E-state index in [4.69, 9.17) is 0 Å². The summed E-state index contributed by atoms with van der Waals surface area (Å²) in [6.45, 7) is 12.3. The second-order valence-electron chi connectivity index (χ2n) is 3.00. The molecular weight excluding hydrogens is 132 g/mol. The molecule has 0 aromatic heterocycles. The molecule has 11 heavy (non-hydrogen) atoms. The van der Waals surface area contributed by atoms with E-state index in [0.29, 0.717) is 0 Å². The van der Waals surface area contributed by atoms with Crippen molar-refractivity contribution in [3.63, 3.8) is 0 Å². The fourth-order valence-corrected chi connectivity index (χ4v) is 0.527. The molecule has 62 valence electrons. The molecule has 0 fully saturated rings. The van der Waals surface area contributed by atoms with Gasteiger partial charge in [-0.15, -0.1) is 0 Å². The molecule has 0 atom stereocenters. The fraction of sp³-hybridized carbons (Fsp3) is 0.455. The highest BCUT2D eigenvalue weighted by molar-refractivity contribution is 5.28. The van der Waals surface area contributed by atoms with Crippen LogP contribution < -0.4 is 0 Å². The molecule has 0 saturated heterocycles. The molecule has 0 unspecified atom stereocenters. The van der Waals surface area contributed by atoms with E-state index in [1.54, 1.807) is 0 Å². The van der Waals surface area contributed by atoms with Crippen LogP contribution >= 0.6 is 0 Å². The molecule has 0 heterocycles. The molecule has 0 heteroatoms. The zero-order valence-electron chi connectivity index (χ0n) is 8.07. The molecule has 0 aliphatic heterocycles. The summed E-state index contributed by atoms with van der Waals surface area (Å²) in [5.41, 5.74) is 3.81. The molecule has 0 saturated carbocycles. The molecule has 0 radical (unpaired) electrons. The van der Waals surface area contributed by atoms with E-state index >= 15 is 0 Å². The van der Waals surface area contributed by atoms with Crippen LogP contribution in [0, 0.1) is 0 Å². The van der Waals surface area contributed by atoms with Crippen molar-refractivity contribution < 1.29 is 0 Å². The first-order chi connectivity index (χ1) is 5.07. The van der Waals surface area contributed by atoms with Gasteiger partial charge in [0.15, 0.2) is 0 Å². The highest BCUT2D eigenvalue weighted by atomic mass is 13.9. The Kier molecular flexibility index (Phi) is 4.60. The van der Waals surface area contributed by atoms with E-state index in [9.17, 15) is 0 Å². The Balaban J connectivity index is 4.22. The predicted octanol–water partition coefficient (Wildman–Crippen LogP) is 3.87. The Morgan fingerprint density at radius 2 is 1.73 bits per heavy atom. The van der Waals surface area contributed by atoms with Crippen LogP contribution in [0.25, 0.3) is 0 Å². The topological polar surface area (TPSA) is 0 Å². The first-order valence-electron chi connectivity index (χ1n) is 4.07. The van der Waals surface area contributed by atoms with Crippen molar-refractivity contribution in [3.05, 3.63) is 35.5 Å². The Bertz CT molecular complexity index is 192. The van der Waals surface area contributed by atoms with Crippen LogP contribution in [0.5, 0.6) is 0 Å². The van der Waals surface area contributed by atoms with Gasteiger partial charge in [0.25, 0.3) is 0 Å². The van der Waals surface area contributed by atoms with Crippen LogP contribution in [0.2, 0.25) is 0 Å². The normalized spacial score (nSPS) is 13.5. The van der Waals surface area contributed by atoms with E-state index < -0.39 is 0 Å². The van der Waals surface area contributed by atoms with Crippen LogP contribution in [0.4, 0.5) is 0 Å². The highest BCUT2D eigenvalue weighted by Crippen LogP contribution is 2.06. The van der Waals surface area contributed by atoms with Crippen LogP contribution in [-0.4, -0.2) is 0 Å². The SMILES string of the molecule is C=C(C)C(C)=CC=C(C)CC. The molecule has 0 aromatic rings. The molecule has 0 aliphatic carbocycles. The minimum absolute atomic E-state index is 1.12. The van der Waals surface area contributed by atoms with Gasteiger partial charge < -0.3 is 0 Å². The van der Waals surface area contributed by atoms with Gasteiger partial charge in [-0.05, 0) is 32.8 Å². The summed E-state index contributed by atoms with van der Waals surface area (Å²) in [5.74, 6) is 0. The van der Waals surface area contributed by atoms with E-state index in [2.05, 4.69) is 39.5 Å².